The molecule has 0 aromatic rings. The monoisotopic (exact) mass is 217 g/mol. The second-order valence-electron chi connectivity index (χ2n) is 3.94. The molecular weight excluding hydrogens is 194 g/mol. The van der Waals surface area contributed by atoms with Gasteiger partial charge in [0.1, 0.15) is 0 Å². The van der Waals surface area contributed by atoms with E-state index < -0.39 is 0 Å². The fourth-order valence-corrected chi connectivity index (χ4v) is 3.38. The van der Waals surface area contributed by atoms with Crippen LogP contribution in [0.1, 0.15) is 39.0 Å². The number of nitrogens with one attached hydrogen (secondary N) is 1. The Kier molecular flexibility index (Phi) is 6.65. The maximum atomic E-state index is 8.84. The smallest absolute Gasteiger partial charge is 0.0521 e. The zero-order valence-electron chi connectivity index (χ0n) is 9.17. The van der Waals surface area contributed by atoms with Crippen molar-refractivity contribution in [3.05, 3.63) is 0 Å². The number of rotatable bonds is 5. The molecule has 0 aromatic heterocycles. The molecule has 0 radical (unpaired) electrons. The third-order valence-corrected chi connectivity index (χ3v) is 4.25. The number of aliphatic hydroxyl groups excluding tert-OH is 1. The van der Waals surface area contributed by atoms with Gasteiger partial charge < -0.3 is 10.4 Å². The molecule has 1 aliphatic rings. The lowest BCUT2D eigenvalue weighted by Crippen LogP contribution is -2.37. The van der Waals surface area contributed by atoms with E-state index >= 15 is 0 Å². The van der Waals surface area contributed by atoms with Gasteiger partial charge >= 0.3 is 0 Å². The summed E-state index contributed by atoms with van der Waals surface area (Å²) in [7, 11) is 0. The zero-order valence-corrected chi connectivity index (χ0v) is 9.98. The fourth-order valence-electron chi connectivity index (χ4n) is 2.17. The van der Waals surface area contributed by atoms with Crippen molar-refractivity contribution in [3.63, 3.8) is 0 Å². The van der Waals surface area contributed by atoms with E-state index in [0.717, 1.165) is 17.5 Å². The van der Waals surface area contributed by atoms with Gasteiger partial charge in [0.25, 0.3) is 0 Å². The largest absolute Gasteiger partial charge is 0.396 e. The van der Waals surface area contributed by atoms with Crippen molar-refractivity contribution in [2.24, 2.45) is 0 Å². The van der Waals surface area contributed by atoms with E-state index in [1.165, 1.54) is 32.1 Å². The molecule has 2 N–H and O–H groups in total. The zero-order chi connectivity index (χ0) is 10.2. The van der Waals surface area contributed by atoms with Gasteiger partial charge in [-0.1, -0.05) is 26.2 Å². The first-order valence-corrected chi connectivity index (χ1v) is 6.89. The number of aliphatic hydroxyl groups is 1. The van der Waals surface area contributed by atoms with Crippen molar-refractivity contribution >= 4 is 11.8 Å². The molecule has 0 saturated heterocycles. The Morgan fingerprint density at radius 2 is 2.07 bits per heavy atom. The Morgan fingerprint density at radius 3 is 2.79 bits per heavy atom. The van der Waals surface area contributed by atoms with Crippen LogP contribution in [-0.4, -0.2) is 35.3 Å². The maximum Gasteiger partial charge on any atom is 0.0521 e. The van der Waals surface area contributed by atoms with Crippen LogP contribution in [0.25, 0.3) is 0 Å². The van der Waals surface area contributed by atoms with Crippen LogP contribution < -0.4 is 5.32 Å². The SMILES string of the molecule is CCNC1CCCCCC1SCCO. The molecule has 1 saturated carbocycles. The second kappa shape index (κ2) is 7.55. The Bertz CT molecular complexity index is 143. The average molecular weight is 217 g/mol. The van der Waals surface area contributed by atoms with Crippen LogP contribution in [0.15, 0.2) is 0 Å². The number of hydrogen-bond acceptors (Lipinski definition) is 3. The minimum atomic E-state index is 0.319. The van der Waals surface area contributed by atoms with Crippen molar-refractivity contribution in [2.75, 3.05) is 18.9 Å². The van der Waals surface area contributed by atoms with Crippen molar-refractivity contribution in [1.82, 2.24) is 5.32 Å². The van der Waals surface area contributed by atoms with Crippen LogP contribution in [0, 0.1) is 0 Å². The Labute approximate surface area is 91.9 Å². The lowest BCUT2D eigenvalue weighted by atomic mass is 10.1. The van der Waals surface area contributed by atoms with Crippen molar-refractivity contribution in [2.45, 2.75) is 50.3 Å². The van der Waals surface area contributed by atoms with Crippen LogP contribution in [0.3, 0.4) is 0 Å². The lowest BCUT2D eigenvalue weighted by molar-refractivity contribution is 0.322. The third-order valence-electron chi connectivity index (χ3n) is 2.84. The first kappa shape index (κ1) is 12.3. The lowest BCUT2D eigenvalue weighted by Gasteiger charge is -2.25. The minimum Gasteiger partial charge on any atom is -0.396 e. The predicted octanol–water partition coefficient (Wildman–Crippen LogP) is 2.02. The van der Waals surface area contributed by atoms with E-state index in [1.54, 1.807) is 0 Å². The molecule has 0 amide bonds. The number of thioether (sulfide) groups is 1. The van der Waals surface area contributed by atoms with Crippen LogP contribution >= 0.6 is 11.8 Å². The molecule has 1 aliphatic carbocycles. The van der Waals surface area contributed by atoms with Crippen LogP contribution in [0.2, 0.25) is 0 Å². The molecule has 0 spiro atoms. The van der Waals surface area contributed by atoms with Crippen molar-refractivity contribution < 1.29 is 5.11 Å². The third kappa shape index (κ3) is 4.20. The normalized spacial score (nSPS) is 28.7. The summed E-state index contributed by atoms with van der Waals surface area (Å²) in [6.07, 6.45) is 6.76. The maximum absolute atomic E-state index is 8.84. The van der Waals surface area contributed by atoms with E-state index in [9.17, 15) is 0 Å². The van der Waals surface area contributed by atoms with Gasteiger partial charge in [-0.3, -0.25) is 0 Å². The molecular formula is C11H23NOS. The summed E-state index contributed by atoms with van der Waals surface area (Å²) >= 11 is 1.95. The standard InChI is InChI=1S/C11H23NOS/c1-2-12-10-6-4-3-5-7-11(10)14-9-8-13/h10-13H,2-9H2,1H3. The van der Waals surface area contributed by atoms with E-state index in [1.807, 2.05) is 11.8 Å². The number of hydrogen-bond donors (Lipinski definition) is 2. The molecule has 2 atom stereocenters. The van der Waals surface area contributed by atoms with Gasteiger partial charge in [0.15, 0.2) is 0 Å². The minimum absolute atomic E-state index is 0.319. The van der Waals surface area contributed by atoms with Gasteiger partial charge in [-0.05, 0) is 19.4 Å². The molecule has 1 fully saturated rings. The average Bonchev–Trinajstić information content (AvgIpc) is 2.41. The summed E-state index contributed by atoms with van der Waals surface area (Å²) < 4.78 is 0. The van der Waals surface area contributed by atoms with E-state index in [2.05, 4.69) is 12.2 Å². The van der Waals surface area contributed by atoms with Crippen LogP contribution in [0.5, 0.6) is 0 Å². The van der Waals surface area contributed by atoms with Gasteiger partial charge in [-0.25, -0.2) is 0 Å². The van der Waals surface area contributed by atoms with Gasteiger partial charge in [-0.15, -0.1) is 0 Å². The summed E-state index contributed by atoms with van der Waals surface area (Å²) in [6.45, 7) is 3.57. The van der Waals surface area contributed by atoms with Gasteiger partial charge in [0.2, 0.25) is 0 Å². The van der Waals surface area contributed by atoms with Gasteiger partial charge in [0, 0.05) is 17.0 Å². The fraction of sp³-hybridized carbons (Fsp3) is 1.00. The van der Waals surface area contributed by atoms with Crippen molar-refractivity contribution in [1.29, 1.82) is 0 Å². The molecule has 0 aromatic carbocycles. The van der Waals surface area contributed by atoms with E-state index in [0.29, 0.717) is 12.6 Å². The first-order chi connectivity index (χ1) is 6.88. The Balaban J connectivity index is 2.37. The highest BCUT2D eigenvalue weighted by atomic mass is 32.2. The topological polar surface area (TPSA) is 32.3 Å². The molecule has 0 heterocycles. The summed E-state index contributed by atoms with van der Waals surface area (Å²) in [5.41, 5.74) is 0. The summed E-state index contributed by atoms with van der Waals surface area (Å²) in [6, 6.07) is 0.680. The summed E-state index contributed by atoms with van der Waals surface area (Å²) in [5.74, 6) is 0.895. The Morgan fingerprint density at radius 1 is 1.29 bits per heavy atom. The first-order valence-electron chi connectivity index (χ1n) is 5.84. The quantitative estimate of drug-likeness (QED) is 0.691. The summed E-state index contributed by atoms with van der Waals surface area (Å²) in [5, 5.41) is 13.1. The highest BCUT2D eigenvalue weighted by Gasteiger charge is 2.22. The molecule has 1 rings (SSSR count). The van der Waals surface area contributed by atoms with E-state index in [-0.39, 0.29) is 0 Å². The highest BCUT2D eigenvalue weighted by molar-refractivity contribution is 7.99. The van der Waals surface area contributed by atoms with Crippen LogP contribution in [0.4, 0.5) is 0 Å². The molecule has 2 nitrogen and oxygen atoms in total. The summed E-state index contributed by atoms with van der Waals surface area (Å²) in [4.78, 5) is 0. The molecule has 0 bridgehead atoms. The molecule has 84 valence electrons. The predicted molar refractivity (Wildman–Crippen MR) is 63.9 cm³/mol. The molecule has 3 heteroatoms. The van der Waals surface area contributed by atoms with E-state index in [4.69, 9.17) is 5.11 Å². The molecule has 14 heavy (non-hydrogen) atoms. The van der Waals surface area contributed by atoms with Gasteiger partial charge in [0.05, 0.1) is 6.61 Å². The molecule has 2 unspecified atom stereocenters. The van der Waals surface area contributed by atoms with Crippen LogP contribution in [-0.2, 0) is 0 Å². The van der Waals surface area contributed by atoms with Gasteiger partial charge in [-0.2, -0.15) is 11.8 Å². The highest BCUT2D eigenvalue weighted by Crippen LogP contribution is 2.27. The second-order valence-corrected chi connectivity index (χ2v) is 5.28. The Hall–Kier alpha value is 0.270. The molecule has 0 aliphatic heterocycles. The van der Waals surface area contributed by atoms with Crippen molar-refractivity contribution in [3.8, 4) is 0 Å².